The molecule has 23 heavy (non-hydrogen) atoms. The van der Waals surface area contributed by atoms with E-state index in [9.17, 15) is 18.0 Å². The van der Waals surface area contributed by atoms with Crippen LogP contribution in [0.2, 0.25) is 0 Å². The highest BCUT2D eigenvalue weighted by molar-refractivity contribution is 9.10. The number of halogens is 1. The first-order chi connectivity index (χ1) is 10.9. The van der Waals surface area contributed by atoms with Gasteiger partial charge < -0.3 is 9.72 Å². The Morgan fingerprint density at radius 2 is 2.00 bits per heavy atom. The Kier molecular flexibility index (Phi) is 5.69. The quantitative estimate of drug-likeness (QED) is 0.540. The van der Waals surface area contributed by atoms with Gasteiger partial charge in [-0.1, -0.05) is 22.0 Å². The van der Waals surface area contributed by atoms with E-state index in [0.29, 0.717) is 10.2 Å². The number of ketones is 1. The van der Waals surface area contributed by atoms with Crippen molar-refractivity contribution in [2.75, 3.05) is 13.2 Å². The highest BCUT2D eigenvalue weighted by atomic mass is 79.9. The molecule has 9 heteroatoms. The smallest absolute Gasteiger partial charge is 0.321 e. The van der Waals surface area contributed by atoms with Crippen molar-refractivity contribution >= 4 is 37.7 Å². The summed E-state index contributed by atoms with van der Waals surface area (Å²) in [5, 5.41) is 0. The van der Waals surface area contributed by atoms with Crippen LogP contribution in [0, 0.1) is 0 Å². The van der Waals surface area contributed by atoms with Crippen molar-refractivity contribution in [1.29, 1.82) is 0 Å². The van der Waals surface area contributed by atoms with E-state index in [2.05, 4.69) is 25.6 Å². The van der Waals surface area contributed by atoms with Gasteiger partial charge in [-0.05, 0) is 30.3 Å². The Morgan fingerprint density at radius 3 is 2.65 bits per heavy atom. The monoisotopic (exact) mass is 400 g/mol. The number of hydrogen-bond acceptors (Lipinski definition) is 5. The molecule has 0 amide bonds. The lowest BCUT2D eigenvalue weighted by Crippen LogP contribution is -2.31. The zero-order chi connectivity index (χ0) is 16.9. The van der Waals surface area contributed by atoms with Gasteiger partial charge >= 0.3 is 5.97 Å². The average Bonchev–Trinajstić information content (AvgIpc) is 3.05. The Hall–Kier alpha value is -1.97. The van der Waals surface area contributed by atoms with E-state index in [1.54, 1.807) is 30.5 Å². The number of H-pyrrole nitrogens is 1. The van der Waals surface area contributed by atoms with Crippen LogP contribution in [-0.2, 0) is 19.6 Å². The van der Waals surface area contributed by atoms with Crippen LogP contribution < -0.4 is 4.72 Å². The maximum atomic E-state index is 12.0. The number of Topliss-reactive ketones (excluding diaryl/α,β-unsaturated/α-hetero) is 1. The van der Waals surface area contributed by atoms with Crippen LogP contribution in [0.15, 0.2) is 52.0 Å². The molecule has 1 heterocycles. The van der Waals surface area contributed by atoms with E-state index in [-0.39, 0.29) is 4.90 Å². The number of esters is 1. The summed E-state index contributed by atoms with van der Waals surface area (Å²) < 4.78 is 31.5. The van der Waals surface area contributed by atoms with Crippen LogP contribution in [0.1, 0.15) is 10.5 Å². The number of carbonyl (C=O) groups is 2. The second-order valence-corrected chi connectivity index (χ2v) is 7.13. The lowest BCUT2D eigenvalue weighted by atomic mass is 10.3. The van der Waals surface area contributed by atoms with Gasteiger partial charge in [0.1, 0.15) is 6.54 Å². The van der Waals surface area contributed by atoms with Crippen LogP contribution in [0.25, 0.3) is 0 Å². The first-order valence-electron chi connectivity index (χ1n) is 6.46. The molecule has 122 valence electrons. The Morgan fingerprint density at radius 1 is 1.22 bits per heavy atom. The minimum Gasteiger partial charge on any atom is -0.456 e. The fourth-order valence-corrected chi connectivity index (χ4v) is 3.22. The number of ether oxygens (including phenoxy) is 1. The lowest BCUT2D eigenvalue weighted by Gasteiger charge is -2.07. The lowest BCUT2D eigenvalue weighted by molar-refractivity contribution is -0.141. The molecule has 0 aliphatic heterocycles. The largest absolute Gasteiger partial charge is 0.456 e. The average molecular weight is 401 g/mol. The van der Waals surface area contributed by atoms with Crippen molar-refractivity contribution < 1.29 is 22.7 Å². The molecule has 0 saturated heterocycles. The Balaban J connectivity index is 1.85. The molecule has 0 atom stereocenters. The maximum absolute atomic E-state index is 12.0. The van der Waals surface area contributed by atoms with Gasteiger partial charge in [-0.15, -0.1) is 0 Å². The topological polar surface area (TPSA) is 105 Å². The van der Waals surface area contributed by atoms with Crippen molar-refractivity contribution in [2.24, 2.45) is 0 Å². The Bertz CT molecular complexity index is 802. The number of nitrogens with one attached hydrogen (secondary N) is 2. The predicted molar refractivity (Wildman–Crippen MR) is 85.4 cm³/mol. The second kappa shape index (κ2) is 7.53. The van der Waals surface area contributed by atoms with Gasteiger partial charge in [-0.2, -0.15) is 4.72 Å². The van der Waals surface area contributed by atoms with Crippen molar-refractivity contribution in [1.82, 2.24) is 9.71 Å². The molecule has 7 nitrogen and oxygen atoms in total. The molecular weight excluding hydrogens is 388 g/mol. The molecule has 0 bridgehead atoms. The van der Waals surface area contributed by atoms with E-state index in [0.717, 1.165) is 0 Å². The standard InChI is InChI=1S/C14H13BrN2O5S/c15-10-3-1-4-11(7-10)23(20,21)17-8-14(19)22-9-13(18)12-5-2-6-16-12/h1-7,16-17H,8-9H2. The SMILES string of the molecule is O=C(CNS(=O)(=O)c1cccc(Br)c1)OCC(=O)c1ccc[nH]1. The molecule has 2 rings (SSSR count). The zero-order valence-electron chi connectivity index (χ0n) is 11.8. The molecule has 0 unspecified atom stereocenters. The van der Waals surface area contributed by atoms with Crippen molar-refractivity contribution in [3.63, 3.8) is 0 Å². The summed E-state index contributed by atoms with van der Waals surface area (Å²) in [6, 6.07) is 9.23. The zero-order valence-corrected chi connectivity index (χ0v) is 14.2. The normalized spacial score (nSPS) is 11.2. The minimum atomic E-state index is -3.83. The van der Waals surface area contributed by atoms with E-state index in [1.165, 1.54) is 12.1 Å². The van der Waals surface area contributed by atoms with Crippen molar-refractivity contribution in [3.05, 3.63) is 52.8 Å². The van der Waals surface area contributed by atoms with Gasteiger partial charge in [0.25, 0.3) is 0 Å². The molecule has 2 N–H and O–H groups in total. The van der Waals surface area contributed by atoms with E-state index < -0.39 is 34.9 Å². The van der Waals surface area contributed by atoms with Crippen LogP contribution in [0.5, 0.6) is 0 Å². The molecule has 0 fully saturated rings. The molecule has 0 saturated carbocycles. The van der Waals surface area contributed by atoms with Gasteiger partial charge in [-0.3, -0.25) is 9.59 Å². The molecule has 2 aromatic rings. The first-order valence-corrected chi connectivity index (χ1v) is 8.73. The van der Waals surface area contributed by atoms with Crippen LogP contribution in [-0.4, -0.2) is 38.3 Å². The third kappa shape index (κ3) is 5.02. The molecule has 1 aromatic heterocycles. The number of rotatable bonds is 7. The number of aromatic amines is 1. The van der Waals surface area contributed by atoms with E-state index in [1.807, 2.05) is 0 Å². The summed E-state index contributed by atoms with van der Waals surface area (Å²) in [5.41, 5.74) is 0.313. The number of hydrogen-bond donors (Lipinski definition) is 2. The van der Waals surface area contributed by atoms with Gasteiger partial charge in [-0.25, -0.2) is 8.42 Å². The third-order valence-electron chi connectivity index (χ3n) is 2.78. The van der Waals surface area contributed by atoms with E-state index >= 15 is 0 Å². The molecular formula is C14H13BrN2O5S. The first kappa shape index (κ1) is 17.4. The third-order valence-corrected chi connectivity index (χ3v) is 4.67. The molecule has 0 spiro atoms. The van der Waals surface area contributed by atoms with Crippen molar-refractivity contribution in [3.8, 4) is 0 Å². The van der Waals surface area contributed by atoms with Crippen LogP contribution >= 0.6 is 15.9 Å². The highest BCUT2D eigenvalue weighted by Gasteiger charge is 2.17. The van der Waals surface area contributed by atoms with Gasteiger partial charge in [0, 0.05) is 10.7 Å². The van der Waals surface area contributed by atoms with Gasteiger partial charge in [0.05, 0.1) is 10.6 Å². The molecule has 0 aliphatic carbocycles. The van der Waals surface area contributed by atoms with Crippen LogP contribution in [0.4, 0.5) is 0 Å². The summed E-state index contributed by atoms with van der Waals surface area (Å²) >= 11 is 3.17. The maximum Gasteiger partial charge on any atom is 0.321 e. The number of carbonyl (C=O) groups excluding carboxylic acids is 2. The number of aromatic nitrogens is 1. The second-order valence-electron chi connectivity index (χ2n) is 4.45. The Labute approximate surface area is 141 Å². The summed E-state index contributed by atoms with van der Waals surface area (Å²) in [5.74, 6) is -1.25. The predicted octanol–water partition coefficient (Wildman–Crippen LogP) is 1.48. The molecule has 0 aliphatic rings. The number of benzene rings is 1. The number of sulfonamides is 1. The summed E-state index contributed by atoms with van der Waals surface area (Å²) in [6.07, 6.45) is 1.57. The molecule has 0 radical (unpaired) electrons. The summed E-state index contributed by atoms with van der Waals surface area (Å²) in [7, 11) is -3.83. The summed E-state index contributed by atoms with van der Waals surface area (Å²) in [6.45, 7) is -1.02. The van der Waals surface area contributed by atoms with Crippen LogP contribution in [0.3, 0.4) is 0 Å². The minimum absolute atomic E-state index is 0.0159. The fourth-order valence-electron chi connectivity index (χ4n) is 1.65. The highest BCUT2D eigenvalue weighted by Crippen LogP contribution is 2.15. The van der Waals surface area contributed by atoms with Gasteiger partial charge in [0.2, 0.25) is 15.8 Å². The van der Waals surface area contributed by atoms with Gasteiger partial charge in [0.15, 0.2) is 6.61 Å². The fraction of sp³-hybridized carbons (Fsp3) is 0.143. The van der Waals surface area contributed by atoms with Crippen molar-refractivity contribution in [2.45, 2.75) is 4.90 Å². The van der Waals surface area contributed by atoms with E-state index in [4.69, 9.17) is 4.74 Å². The summed E-state index contributed by atoms with van der Waals surface area (Å²) in [4.78, 5) is 25.9. The molecule has 1 aromatic carbocycles.